The van der Waals surface area contributed by atoms with Gasteiger partial charge in [-0.2, -0.15) is 13.2 Å². The van der Waals surface area contributed by atoms with Gasteiger partial charge >= 0.3 is 6.18 Å². The molecule has 1 unspecified atom stereocenters. The Kier molecular flexibility index (Phi) is 4.81. The number of halogens is 6. The van der Waals surface area contributed by atoms with Gasteiger partial charge in [-0.1, -0.05) is 34.8 Å². The van der Waals surface area contributed by atoms with E-state index in [-0.39, 0.29) is 38.1 Å². The first-order valence-corrected chi connectivity index (χ1v) is 9.10. The molecule has 0 fully saturated rings. The third-order valence-electron chi connectivity index (χ3n) is 4.21. The van der Waals surface area contributed by atoms with Crippen molar-refractivity contribution in [1.29, 1.82) is 0 Å². The maximum Gasteiger partial charge on any atom is 0.417 e. The second-order valence-electron chi connectivity index (χ2n) is 6.20. The summed E-state index contributed by atoms with van der Waals surface area (Å²) in [5.41, 5.74) is -0.138. The number of hydroxylamine groups is 2. The average Bonchev–Trinajstić information content (AvgIpc) is 3.21. The number of aromatic hydroxyl groups is 1. The van der Waals surface area contributed by atoms with Gasteiger partial charge in [0.1, 0.15) is 11.4 Å². The van der Waals surface area contributed by atoms with Crippen molar-refractivity contribution >= 4 is 46.3 Å². The molecule has 0 radical (unpaired) electrons. The molecule has 0 bridgehead atoms. The fraction of sp³-hybridized carbons (Fsp3) is 0.176. The predicted octanol–water partition coefficient (Wildman–Crippen LogP) is 5.34. The molecule has 29 heavy (non-hydrogen) atoms. The minimum Gasteiger partial charge on any atom is -0.506 e. The van der Waals surface area contributed by atoms with Crippen molar-refractivity contribution in [2.45, 2.75) is 12.3 Å². The fourth-order valence-corrected chi connectivity index (χ4v) is 3.53. The van der Waals surface area contributed by atoms with Crippen molar-refractivity contribution in [3.8, 4) is 5.75 Å². The molecule has 6 nitrogen and oxygen atoms in total. The van der Waals surface area contributed by atoms with Gasteiger partial charge in [-0.3, -0.25) is 0 Å². The third-order valence-corrected chi connectivity index (χ3v) is 5.12. The summed E-state index contributed by atoms with van der Waals surface area (Å²) in [4.78, 5) is 14.2. The Morgan fingerprint density at radius 3 is 2.48 bits per heavy atom. The van der Waals surface area contributed by atoms with Gasteiger partial charge in [-0.25, -0.2) is 9.98 Å². The molecule has 1 atom stereocenters. The van der Waals surface area contributed by atoms with Crippen molar-refractivity contribution in [3.63, 3.8) is 0 Å². The molecule has 1 aliphatic rings. The van der Waals surface area contributed by atoms with E-state index in [1.165, 1.54) is 23.4 Å². The van der Waals surface area contributed by atoms with Gasteiger partial charge in [-0.05, 0) is 12.1 Å². The number of phenolic OH excluding ortho intramolecular Hbond substituents is 1. The lowest BCUT2D eigenvalue weighted by molar-refractivity contribution is -0.137. The zero-order chi connectivity index (χ0) is 21.1. The van der Waals surface area contributed by atoms with Gasteiger partial charge in [-0.15, -0.1) is 5.06 Å². The number of pyridine rings is 1. The molecular weight excluding hydrogens is 456 g/mol. The van der Waals surface area contributed by atoms with Crippen LogP contribution in [0, 0.1) is 0 Å². The highest BCUT2D eigenvalue weighted by molar-refractivity contribution is 6.35. The highest BCUT2D eigenvalue weighted by atomic mass is 35.5. The van der Waals surface area contributed by atoms with Gasteiger partial charge in [0.25, 0.3) is 5.90 Å². The number of aliphatic imine (C=N–C) groups is 1. The summed E-state index contributed by atoms with van der Waals surface area (Å²) < 4.78 is 40.2. The number of phenols is 1. The van der Waals surface area contributed by atoms with Crippen LogP contribution in [0.1, 0.15) is 23.0 Å². The van der Waals surface area contributed by atoms with Crippen molar-refractivity contribution < 1.29 is 23.1 Å². The summed E-state index contributed by atoms with van der Waals surface area (Å²) in [6.45, 7) is 0. The summed E-state index contributed by atoms with van der Waals surface area (Å²) in [5.74, 6) is -0.118. The highest BCUT2D eigenvalue weighted by Gasteiger charge is 2.34. The summed E-state index contributed by atoms with van der Waals surface area (Å²) in [6, 6.07) is 3.54. The zero-order valence-electron chi connectivity index (χ0n) is 14.4. The average molecular weight is 466 g/mol. The van der Waals surface area contributed by atoms with E-state index in [1.54, 1.807) is 7.05 Å². The number of benzene rings is 1. The van der Waals surface area contributed by atoms with Crippen LogP contribution in [0.2, 0.25) is 15.1 Å². The van der Waals surface area contributed by atoms with Crippen LogP contribution in [0.5, 0.6) is 5.75 Å². The molecule has 152 valence electrons. The van der Waals surface area contributed by atoms with Gasteiger partial charge in [0.05, 0.1) is 20.6 Å². The van der Waals surface area contributed by atoms with Crippen LogP contribution in [0.3, 0.4) is 0 Å². The molecule has 0 aliphatic carbocycles. The largest absolute Gasteiger partial charge is 0.506 e. The van der Waals surface area contributed by atoms with Crippen molar-refractivity contribution in [2.24, 2.45) is 4.99 Å². The van der Waals surface area contributed by atoms with E-state index in [0.717, 1.165) is 16.7 Å². The van der Waals surface area contributed by atoms with Crippen molar-refractivity contribution in [2.75, 3.05) is 7.05 Å². The number of alkyl halides is 3. The van der Waals surface area contributed by atoms with Crippen LogP contribution in [-0.2, 0) is 11.0 Å². The van der Waals surface area contributed by atoms with Crippen LogP contribution in [-0.4, -0.2) is 32.5 Å². The van der Waals surface area contributed by atoms with Gasteiger partial charge in [0, 0.05) is 31.1 Å². The highest BCUT2D eigenvalue weighted by Crippen LogP contribution is 2.38. The summed E-state index contributed by atoms with van der Waals surface area (Å²) in [5, 5.41) is 11.2. The number of hydrogen-bond donors (Lipinski definition) is 1. The number of aromatic nitrogens is 2. The van der Waals surface area contributed by atoms with E-state index in [2.05, 4.69) is 9.98 Å². The number of fused-ring (bicyclic) bond motifs is 1. The Morgan fingerprint density at radius 1 is 1.07 bits per heavy atom. The molecule has 1 N–H and O–H groups in total. The number of imidazole rings is 1. The maximum absolute atomic E-state index is 13.0. The summed E-state index contributed by atoms with van der Waals surface area (Å²) in [7, 11) is 1.59. The van der Waals surface area contributed by atoms with Gasteiger partial charge in [0.2, 0.25) is 0 Å². The Balaban J connectivity index is 1.76. The van der Waals surface area contributed by atoms with E-state index < -0.39 is 17.9 Å². The number of hydrogen-bond acceptors (Lipinski definition) is 5. The molecule has 12 heteroatoms. The molecule has 1 aliphatic heterocycles. The van der Waals surface area contributed by atoms with Crippen molar-refractivity contribution in [3.05, 3.63) is 62.5 Å². The van der Waals surface area contributed by atoms with Crippen LogP contribution < -0.4 is 0 Å². The quantitative estimate of drug-likeness (QED) is 0.555. The summed E-state index contributed by atoms with van der Waals surface area (Å²) in [6.07, 6.45) is -3.05. The van der Waals surface area contributed by atoms with Gasteiger partial charge < -0.3 is 14.3 Å². The van der Waals surface area contributed by atoms with E-state index in [4.69, 9.17) is 39.6 Å². The smallest absolute Gasteiger partial charge is 0.417 e. The van der Waals surface area contributed by atoms with Crippen LogP contribution >= 0.6 is 34.8 Å². The molecule has 3 heterocycles. The lowest BCUT2D eigenvalue weighted by Gasteiger charge is -2.17. The maximum atomic E-state index is 13.0. The first kappa shape index (κ1) is 20.1. The second-order valence-corrected chi connectivity index (χ2v) is 7.42. The lowest BCUT2D eigenvalue weighted by Crippen LogP contribution is -2.19. The predicted molar refractivity (Wildman–Crippen MR) is 101 cm³/mol. The summed E-state index contributed by atoms with van der Waals surface area (Å²) >= 11 is 18.1. The molecule has 0 saturated carbocycles. The van der Waals surface area contributed by atoms with Gasteiger partial charge in [0.15, 0.2) is 11.8 Å². The molecule has 2 aromatic heterocycles. The number of rotatable bonds is 2. The Morgan fingerprint density at radius 2 is 1.79 bits per heavy atom. The van der Waals surface area contributed by atoms with E-state index in [1.807, 2.05) is 0 Å². The van der Waals surface area contributed by atoms with Crippen LogP contribution in [0.15, 0.2) is 35.6 Å². The molecule has 4 rings (SSSR count). The molecule has 3 aromatic rings. The zero-order valence-corrected chi connectivity index (χ0v) is 16.6. The van der Waals surface area contributed by atoms with Crippen LogP contribution in [0.25, 0.3) is 5.65 Å². The first-order valence-electron chi connectivity index (χ1n) is 7.97. The number of nitrogens with zero attached hydrogens (tertiary/aromatic N) is 4. The van der Waals surface area contributed by atoms with Crippen LogP contribution in [0.4, 0.5) is 13.2 Å². The fourth-order valence-electron chi connectivity index (χ4n) is 2.85. The SMILES string of the molecule is CN1OC(c2cn3cc(C(F)(F)F)cc(Cl)c3n2)=NC1c1cc(Cl)c(O)cc1Cl. The molecule has 1 aromatic carbocycles. The lowest BCUT2D eigenvalue weighted by atomic mass is 10.1. The topological polar surface area (TPSA) is 62.4 Å². The Bertz CT molecular complexity index is 1160. The molecule has 0 spiro atoms. The van der Waals surface area contributed by atoms with E-state index >= 15 is 0 Å². The van der Waals surface area contributed by atoms with E-state index in [0.29, 0.717) is 5.56 Å². The van der Waals surface area contributed by atoms with Crippen molar-refractivity contribution in [1.82, 2.24) is 14.4 Å². The molecule has 0 saturated heterocycles. The Labute approximate surface area is 176 Å². The van der Waals surface area contributed by atoms with E-state index in [9.17, 15) is 18.3 Å². The Hall–Kier alpha value is -2.20. The minimum atomic E-state index is -4.55. The third kappa shape index (κ3) is 3.59. The monoisotopic (exact) mass is 464 g/mol. The minimum absolute atomic E-state index is 0.0612. The standard InChI is InChI=1S/C17H10Cl3F3N4O2/c1-26-14(8-3-10(19)13(28)4-9(8)18)25-16(29-26)12-6-27-5-7(17(21,22)23)2-11(20)15(27)24-12/h2-6,14,28H,1H3. The first-order chi connectivity index (χ1) is 13.5. The molecule has 0 amide bonds. The molecular formula is C17H10Cl3F3N4O2. The second kappa shape index (κ2) is 6.94. The normalized spacial score (nSPS) is 17.6.